The summed E-state index contributed by atoms with van der Waals surface area (Å²) in [7, 11) is 0. The molecular weight excluding hydrogens is 585 g/mol. The van der Waals surface area contributed by atoms with Crippen LogP contribution in [0.25, 0.3) is 82.1 Å². The molecule has 0 unspecified atom stereocenters. The lowest BCUT2D eigenvalue weighted by molar-refractivity contribution is 1.17. The van der Waals surface area contributed by atoms with Gasteiger partial charge in [-0.15, -0.1) is 0 Å². The van der Waals surface area contributed by atoms with Gasteiger partial charge >= 0.3 is 0 Å². The maximum Gasteiger partial charge on any atom is 0.194 e. The van der Waals surface area contributed by atoms with Gasteiger partial charge in [0, 0.05) is 27.2 Å². The van der Waals surface area contributed by atoms with Crippen LogP contribution in [0.5, 0.6) is 0 Å². The fraction of sp³-hybridized carbons (Fsp3) is 0. The molecule has 0 spiro atoms. The third-order valence-electron chi connectivity index (χ3n) is 9.41. The molecule has 0 aliphatic rings. The van der Waals surface area contributed by atoms with E-state index in [2.05, 4.69) is 135 Å². The second-order valence-electron chi connectivity index (χ2n) is 11.9. The third kappa shape index (κ3) is 4.07. The molecule has 2 aromatic heterocycles. The first-order valence-corrected chi connectivity index (χ1v) is 15.9. The molecule has 4 nitrogen and oxygen atoms in total. The average Bonchev–Trinajstić information content (AvgIpc) is 3.67. The van der Waals surface area contributed by atoms with Crippen molar-refractivity contribution in [2.45, 2.75) is 0 Å². The number of aromatic nitrogens is 2. The molecule has 9 rings (SSSR count). The molecule has 4 heteroatoms. The Labute approximate surface area is 277 Å². The zero-order chi connectivity index (χ0) is 32.2. The summed E-state index contributed by atoms with van der Waals surface area (Å²) in [5.41, 5.74) is 11.0. The Morgan fingerprint density at radius 2 is 1.00 bits per heavy atom. The summed E-state index contributed by atoms with van der Waals surface area (Å²) in [6, 6.07) is 56.5. The smallest absolute Gasteiger partial charge is 0.194 e. The lowest BCUT2D eigenvalue weighted by atomic mass is 9.92. The first kappa shape index (κ1) is 27.4. The Bertz CT molecular complexity index is 2710. The molecule has 9 aromatic rings. The van der Waals surface area contributed by atoms with Crippen LogP contribution < -0.4 is 0 Å². The maximum atomic E-state index is 10.6. The number of para-hydroxylation sites is 5. The van der Waals surface area contributed by atoms with Crippen LogP contribution in [0.4, 0.5) is 5.69 Å². The van der Waals surface area contributed by atoms with Crippen LogP contribution >= 0.6 is 0 Å². The van der Waals surface area contributed by atoms with E-state index in [0.29, 0.717) is 11.3 Å². The Morgan fingerprint density at radius 3 is 1.56 bits per heavy atom. The van der Waals surface area contributed by atoms with Crippen LogP contribution in [0, 0.1) is 17.9 Å². The van der Waals surface area contributed by atoms with Crippen molar-refractivity contribution in [3.05, 3.63) is 175 Å². The average molecular weight is 611 g/mol. The van der Waals surface area contributed by atoms with Gasteiger partial charge in [-0.25, -0.2) is 4.85 Å². The van der Waals surface area contributed by atoms with Crippen LogP contribution in [-0.2, 0) is 0 Å². The largest absolute Gasteiger partial charge is 0.309 e. The summed E-state index contributed by atoms with van der Waals surface area (Å²) in [5.74, 6) is 0. The molecule has 0 radical (unpaired) electrons. The molecular formula is C44H26N4. The van der Waals surface area contributed by atoms with E-state index in [9.17, 15) is 5.26 Å². The Morgan fingerprint density at radius 1 is 0.479 bits per heavy atom. The van der Waals surface area contributed by atoms with Gasteiger partial charge in [-0.05, 0) is 70.8 Å². The van der Waals surface area contributed by atoms with Crippen molar-refractivity contribution in [2.24, 2.45) is 0 Å². The second kappa shape index (κ2) is 10.9. The van der Waals surface area contributed by atoms with Crippen molar-refractivity contribution in [2.75, 3.05) is 0 Å². The van der Waals surface area contributed by atoms with Crippen molar-refractivity contribution in [3.63, 3.8) is 0 Å². The van der Waals surface area contributed by atoms with E-state index in [0.717, 1.165) is 66.5 Å². The molecule has 7 aromatic carbocycles. The molecule has 0 N–H and O–H groups in total. The standard InChI is InChI=1S/C44H26N4/c1-46-39-17-7-2-12-33(39)32-24-23-31(47-41-18-8-3-13-34(41)35-14-4-9-19-42(35)47)27-38(32)29-22-25-40(30(26-29)28-45)48-43-20-10-5-15-36(43)37-16-6-11-21-44(37)48/h2-27H. The highest BCUT2D eigenvalue weighted by Crippen LogP contribution is 2.42. The summed E-state index contributed by atoms with van der Waals surface area (Å²) in [4.78, 5) is 3.86. The lowest BCUT2D eigenvalue weighted by Crippen LogP contribution is -1.99. The number of nitriles is 1. The van der Waals surface area contributed by atoms with Crippen molar-refractivity contribution < 1.29 is 0 Å². The molecule has 0 saturated heterocycles. The van der Waals surface area contributed by atoms with Crippen LogP contribution in [-0.4, -0.2) is 9.13 Å². The van der Waals surface area contributed by atoms with E-state index in [1.807, 2.05) is 42.5 Å². The lowest BCUT2D eigenvalue weighted by Gasteiger charge is -2.17. The number of nitrogens with zero attached hydrogens (tertiary/aromatic N) is 4. The molecule has 0 saturated carbocycles. The van der Waals surface area contributed by atoms with Gasteiger partial charge in [0.1, 0.15) is 6.07 Å². The van der Waals surface area contributed by atoms with E-state index in [1.54, 1.807) is 0 Å². The second-order valence-corrected chi connectivity index (χ2v) is 11.9. The van der Waals surface area contributed by atoms with Crippen molar-refractivity contribution in [3.8, 4) is 39.7 Å². The highest BCUT2D eigenvalue weighted by molar-refractivity contribution is 6.10. The molecule has 0 aliphatic heterocycles. The minimum atomic E-state index is 0.575. The molecule has 0 bridgehead atoms. The fourth-order valence-electron chi connectivity index (χ4n) is 7.31. The predicted molar refractivity (Wildman–Crippen MR) is 197 cm³/mol. The van der Waals surface area contributed by atoms with Gasteiger partial charge in [0.25, 0.3) is 0 Å². The van der Waals surface area contributed by atoms with Gasteiger partial charge in [0.05, 0.1) is 39.9 Å². The highest BCUT2D eigenvalue weighted by atomic mass is 15.0. The summed E-state index contributed by atoms with van der Waals surface area (Å²) >= 11 is 0. The van der Waals surface area contributed by atoms with E-state index in [4.69, 9.17) is 6.57 Å². The minimum absolute atomic E-state index is 0.575. The minimum Gasteiger partial charge on any atom is -0.309 e. The highest BCUT2D eigenvalue weighted by Gasteiger charge is 2.19. The quantitative estimate of drug-likeness (QED) is 0.183. The van der Waals surface area contributed by atoms with E-state index in [-0.39, 0.29) is 0 Å². The summed E-state index contributed by atoms with van der Waals surface area (Å²) in [5, 5.41) is 15.3. The molecule has 222 valence electrons. The molecule has 48 heavy (non-hydrogen) atoms. The molecule has 0 aliphatic carbocycles. The Balaban J connectivity index is 1.31. The van der Waals surface area contributed by atoms with E-state index >= 15 is 0 Å². The Hall–Kier alpha value is -6.88. The van der Waals surface area contributed by atoms with Gasteiger partial charge < -0.3 is 9.13 Å². The zero-order valence-corrected chi connectivity index (χ0v) is 25.8. The first-order chi connectivity index (χ1) is 23.7. The number of hydrogen-bond donors (Lipinski definition) is 0. The maximum absolute atomic E-state index is 10.6. The number of hydrogen-bond acceptors (Lipinski definition) is 1. The number of fused-ring (bicyclic) bond motifs is 6. The normalized spacial score (nSPS) is 11.3. The summed E-state index contributed by atoms with van der Waals surface area (Å²) < 4.78 is 4.49. The fourth-order valence-corrected chi connectivity index (χ4v) is 7.31. The van der Waals surface area contributed by atoms with Crippen LogP contribution in [0.1, 0.15) is 5.56 Å². The first-order valence-electron chi connectivity index (χ1n) is 15.9. The molecule has 2 heterocycles. The molecule has 0 amide bonds. The van der Waals surface area contributed by atoms with Crippen LogP contribution in [0.3, 0.4) is 0 Å². The Kier molecular flexibility index (Phi) is 6.22. The third-order valence-corrected chi connectivity index (χ3v) is 9.41. The number of rotatable bonds is 4. The summed E-state index contributed by atoms with van der Waals surface area (Å²) in [6.45, 7) is 7.92. The monoisotopic (exact) mass is 610 g/mol. The van der Waals surface area contributed by atoms with Crippen LogP contribution in [0.15, 0.2) is 158 Å². The van der Waals surface area contributed by atoms with Gasteiger partial charge in [0.15, 0.2) is 5.69 Å². The van der Waals surface area contributed by atoms with Crippen molar-refractivity contribution >= 4 is 49.3 Å². The predicted octanol–water partition coefficient (Wildman–Crippen LogP) is 11.6. The summed E-state index contributed by atoms with van der Waals surface area (Å²) in [6.07, 6.45) is 0. The van der Waals surface area contributed by atoms with Crippen LogP contribution in [0.2, 0.25) is 0 Å². The zero-order valence-electron chi connectivity index (χ0n) is 25.8. The van der Waals surface area contributed by atoms with Gasteiger partial charge in [-0.1, -0.05) is 109 Å². The number of benzene rings is 7. The van der Waals surface area contributed by atoms with E-state index in [1.165, 1.54) is 10.8 Å². The van der Waals surface area contributed by atoms with Gasteiger partial charge in [-0.2, -0.15) is 5.26 Å². The topological polar surface area (TPSA) is 38.0 Å². The van der Waals surface area contributed by atoms with E-state index < -0.39 is 0 Å². The van der Waals surface area contributed by atoms with Gasteiger partial charge in [0.2, 0.25) is 0 Å². The van der Waals surface area contributed by atoms with Crippen molar-refractivity contribution in [1.29, 1.82) is 5.26 Å². The molecule has 0 atom stereocenters. The SMILES string of the molecule is [C-]#[N+]c1ccccc1-c1ccc(-n2c3ccccc3c3ccccc32)cc1-c1ccc(-n2c3ccccc3c3ccccc32)c(C#N)c1. The molecule has 0 fully saturated rings. The van der Waals surface area contributed by atoms with Gasteiger partial charge in [-0.3, -0.25) is 0 Å². The van der Waals surface area contributed by atoms with Crippen molar-refractivity contribution in [1.82, 2.24) is 9.13 Å².